The summed E-state index contributed by atoms with van der Waals surface area (Å²) in [6.07, 6.45) is 6.99. The molecule has 0 fully saturated rings. The number of aliphatic imine (C=N–C) groups is 1. The van der Waals surface area contributed by atoms with Crippen LogP contribution in [0.1, 0.15) is 31.7 Å². The van der Waals surface area contributed by atoms with Crippen molar-refractivity contribution in [1.29, 1.82) is 0 Å². The lowest BCUT2D eigenvalue weighted by atomic mass is 9.88. The molecule has 0 spiro atoms. The van der Waals surface area contributed by atoms with Gasteiger partial charge in [0.05, 0.1) is 0 Å². The Hall–Kier alpha value is -1.44. The van der Waals surface area contributed by atoms with Crippen molar-refractivity contribution >= 4 is 5.71 Å². The summed E-state index contributed by atoms with van der Waals surface area (Å²) in [5, 5.41) is 0. The first-order valence-electron chi connectivity index (χ1n) is 5.37. The van der Waals surface area contributed by atoms with Crippen LogP contribution in [0, 0.1) is 0 Å². The summed E-state index contributed by atoms with van der Waals surface area (Å²) in [6.45, 7) is 5.09. The van der Waals surface area contributed by atoms with Crippen molar-refractivity contribution in [2.45, 2.75) is 26.2 Å². The molecule has 15 heavy (non-hydrogen) atoms. The lowest BCUT2D eigenvalue weighted by Crippen LogP contribution is -2.15. The minimum Gasteiger partial charge on any atom is -0.289 e. The molecule has 2 heterocycles. The topological polar surface area (TPSA) is 25.2 Å². The number of allylic oxidation sites excluding steroid dienone is 2. The molecular weight excluding hydrogens is 184 g/mol. The van der Waals surface area contributed by atoms with Gasteiger partial charge in [0.2, 0.25) is 0 Å². The van der Waals surface area contributed by atoms with Crippen LogP contribution in [0.4, 0.5) is 0 Å². The van der Waals surface area contributed by atoms with Gasteiger partial charge in [-0.1, -0.05) is 6.08 Å². The van der Waals surface area contributed by atoms with Crippen LogP contribution in [0.2, 0.25) is 0 Å². The van der Waals surface area contributed by atoms with E-state index in [1.54, 1.807) is 0 Å². The molecular formula is C13H16N2. The van der Waals surface area contributed by atoms with E-state index >= 15 is 0 Å². The predicted octanol–water partition coefficient (Wildman–Crippen LogP) is 2.98. The normalized spacial score (nSPS) is 24.0. The largest absolute Gasteiger partial charge is 0.289 e. The summed E-state index contributed by atoms with van der Waals surface area (Å²) >= 11 is 0. The van der Waals surface area contributed by atoms with Gasteiger partial charge in [0.1, 0.15) is 0 Å². The molecule has 0 aromatic carbocycles. The fourth-order valence-electron chi connectivity index (χ4n) is 2.01. The smallest absolute Gasteiger partial charge is 0.0464 e. The van der Waals surface area contributed by atoms with E-state index in [1.807, 2.05) is 12.4 Å². The summed E-state index contributed by atoms with van der Waals surface area (Å²) in [5.74, 6) is 0.530. The zero-order chi connectivity index (χ0) is 10.7. The van der Waals surface area contributed by atoms with Gasteiger partial charge < -0.3 is 0 Å². The first-order chi connectivity index (χ1) is 7.31. The molecule has 78 valence electrons. The van der Waals surface area contributed by atoms with Crippen LogP contribution in [0.15, 0.2) is 41.2 Å². The number of nitrogens with zero attached hydrogens (tertiary/aromatic N) is 2. The number of rotatable bonds is 1. The van der Waals surface area contributed by atoms with Gasteiger partial charge in [-0.15, -0.1) is 0 Å². The first-order valence-corrected chi connectivity index (χ1v) is 5.37. The SMILES string of the molecule is C/C=C1/CC(c2ccncc2)CN=C1C. The molecule has 1 aliphatic rings. The Bertz CT molecular complexity index is 390. The van der Waals surface area contributed by atoms with Crippen molar-refractivity contribution in [1.82, 2.24) is 4.98 Å². The van der Waals surface area contributed by atoms with E-state index in [0.29, 0.717) is 5.92 Å². The molecule has 1 aliphatic heterocycles. The van der Waals surface area contributed by atoms with Crippen molar-refractivity contribution in [3.8, 4) is 0 Å². The zero-order valence-corrected chi connectivity index (χ0v) is 9.27. The maximum atomic E-state index is 4.57. The Morgan fingerprint density at radius 1 is 1.33 bits per heavy atom. The highest BCUT2D eigenvalue weighted by Crippen LogP contribution is 2.28. The Labute approximate surface area is 90.8 Å². The minimum absolute atomic E-state index is 0.530. The molecule has 0 N–H and O–H groups in total. The Morgan fingerprint density at radius 2 is 2.07 bits per heavy atom. The summed E-state index contributed by atoms with van der Waals surface area (Å²) in [5.41, 5.74) is 3.92. The molecule has 2 rings (SSSR count). The standard InChI is InChI=1S/C13H16N2/c1-3-11-8-13(9-15-10(11)2)12-4-6-14-7-5-12/h3-7,13H,8-9H2,1-2H3/b11-3-. The quantitative estimate of drug-likeness (QED) is 0.684. The molecule has 0 bridgehead atoms. The van der Waals surface area contributed by atoms with Gasteiger partial charge in [0, 0.05) is 30.6 Å². The molecule has 2 heteroatoms. The maximum Gasteiger partial charge on any atom is 0.0464 e. The zero-order valence-electron chi connectivity index (χ0n) is 9.27. The van der Waals surface area contributed by atoms with E-state index in [9.17, 15) is 0 Å². The minimum atomic E-state index is 0.530. The van der Waals surface area contributed by atoms with Crippen molar-refractivity contribution in [3.63, 3.8) is 0 Å². The van der Waals surface area contributed by atoms with E-state index in [0.717, 1.165) is 13.0 Å². The van der Waals surface area contributed by atoms with Crippen LogP contribution >= 0.6 is 0 Å². The summed E-state index contributed by atoms with van der Waals surface area (Å²) in [4.78, 5) is 8.61. The van der Waals surface area contributed by atoms with Crippen molar-refractivity contribution in [2.24, 2.45) is 4.99 Å². The molecule has 1 atom stereocenters. The highest BCUT2D eigenvalue weighted by atomic mass is 14.8. The molecule has 1 unspecified atom stereocenters. The molecule has 0 saturated heterocycles. The highest BCUT2D eigenvalue weighted by Gasteiger charge is 2.18. The van der Waals surface area contributed by atoms with E-state index in [1.165, 1.54) is 16.8 Å². The Morgan fingerprint density at radius 3 is 2.73 bits per heavy atom. The van der Waals surface area contributed by atoms with E-state index in [4.69, 9.17) is 0 Å². The van der Waals surface area contributed by atoms with Gasteiger partial charge in [-0.05, 0) is 43.5 Å². The third-order valence-corrected chi connectivity index (χ3v) is 3.01. The van der Waals surface area contributed by atoms with Crippen LogP contribution in [-0.2, 0) is 0 Å². The van der Waals surface area contributed by atoms with Gasteiger partial charge in [-0.3, -0.25) is 9.98 Å². The number of aromatic nitrogens is 1. The average Bonchev–Trinajstić information content (AvgIpc) is 2.31. The van der Waals surface area contributed by atoms with Gasteiger partial charge >= 0.3 is 0 Å². The monoisotopic (exact) mass is 200 g/mol. The van der Waals surface area contributed by atoms with Crippen molar-refractivity contribution in [3.05, 3.63) is 41.7 Å². The lowest BCUT2D eigenvalue weighted by Gasteiger charge is -2.22. The molecule has 0 amide bonds. The number of hydrogen-bond donors (Lipinski definition) is 0. The summed E-state index contributed by atoms with van der Waals surface area (Å²) in [7, 11) is 0. The fraction of sp³-hybridized carbons (Fsp3) is 0.385. The number of pyridine rings is 1. The van der Waals surface area contributed by atoms with E-state index in [-0.39, 0.29) is 0 Å². The van der Waals surface area contributed by atoms with E-state index < -0.39 is 0 Å². The molecule has 1 aromatic rings. The maximum absolute atomic E-state index is 4.57. The predicted molar refractivity (Wildman–Crippen MR) is 63.3 cm³/mol. The van der Waals surface area contributed by atoms with E-state index in [2.05, 4.69) is 42.0 Å². The van der Waals surface area contributed by atoms with Gasteiger partial charge in [0.15, 0.2) is 0 Å². The Kier molecular flexibility index (Phi) is 2.95. The van der Waals surface area contributed by atoms with Crippen molar-refractivity contribution in [2.75, 3.05) is 6.54 Å². The lowest BCUT2D eigenvalue weighted by molar-refractivity contribution is 0.680. The second kappa shape index (κ2) is 4.39. The number of hydrogen-bond acceptors (Lipinski definition) is 2. The molecule has 0 radical (unpaired) electrons. The van der Waals surface area contributed by atoms with Gasteiger partial charge in [-0.2, -0.15) is 0 Å². The molecule has 0 saturated carbocycles. The Balaban J connectivity index is 2.22. The fourth-order valence-corrected chi connectivity index (χ4v) is 2.01. The van der Waals surface area contributed by atoms with Gasteiger partial charge in [0.25, 0.3) is 0 Å². The second-order valence-corrected chi connectivity index (χ2v) is 3.92. The van der Waals surface area contributed by atoms with Crippen LogP contribution < -0.4 is 0 Å². The van der Waals surface area contributed by atoms with Crippen LogP contribution in [-0.4, -0.2) is 17.2 Å². The average molecular weight is 200 g/mol. The third kappa shape index (κ3) is 2.14. The third-order valence-electron chi connectivity index (χ3n) is 3.01. The molecule has 2 nitrogen and oxygen atoms in total. The first kappa shape index (κ1) is 10.1. The van der Waals surface area contributed by atoms with Crippen LogP contribution in [0.3, 0.4) is 0 Å². The second-order valence-electron chi connectivity index (χ2n) is 3.92. The molecule has 1 aromatic heterocycles. The summed E-state index contributed by atoms with van der Waals surface area (Å²) in [6, 6.07) is 4.18. The summed E-state index contributed by atoms with van der Waals surface area (Å²) < 4.78 is 0. The van der Waals surface area contributed by atoms with Crippen LogP contribution in [0.5, 0.6) is 0 Å². The van der Waals surface area contributed by atoms with Crippen molar-refractivity contribution < 1.29 is 0 Å². The van der Waals surface area contributed by atoms with Crippen LogP contribution in [0.25, 0.3) is 0 Å². The highest BCUT2D eigenvalue weighted by molar-refractivity contribution is 5.98. The molecule has 0 aliphatic carbocycles. The van der Waals surface area contributed by atoms with Gasteiger partial charge in [-0.25, -0.2) is 0 Å².